The number of fused-ring (bicyclic) bond motifs is 1. The molecule has 0 saturated carbocycles. The average Bonchev–Trinajstić information content (AvgIpc) is 2.90. The molecule has 3 rings (SSSR count). The number of ketones is 1. The number of carbonyl (C=O) groups is 1. The van der Waals surface area contributed by atoms with Gasteiger partial charge in [0, 0.05) is 11.3 Å². The van der Waals surface area contributed by atoms with Crippen LogP contribution in [0.5, 0.6) is 0 Å². The Kier molecular flexibility index (Phi) is 2.92. The molecule has 2 heteroatoms. The van der Waals surface area contributed by atoms with Crippen LogP contribution in [0.4, 0.5) is 0 Å². The highest BCUT2D eigenvalue weighted by Crippen LogP contribution is 2.25. The second kappa shape index (κ2) is 4.73. The molecular formula is C17H14O2. The van der Waals surface area contributed by atoms with E-state index in [4.69, 9.17) is 4.42 Å². The lowest BCUT2D eigenvalue weighted by Gasteiger charge is -2.08. The number of carbonyl (C=O) groups excluding carboxylic acids is 1. The van der Waals surface area contributed by atoms with Crippen LogP contribution in [0.2, 0.25) is 0 Å². The molecular weight excluding hydrogens is 236 g/mol. The highest BCUT2D eigenvalue weighted by atomic mass is 16.3. The van der Waals surface area contributed by atoms with Crippen molar-refractivity contribution < 1.29 is 9.21 Å². The van der Waals surface area contributed by atoms with Gasteiger partial charge in [-0.05, 0) is 17.7 Å². The van der Waals surface area contributed by atoms with Crippen LogP contribution in [0.15, 0.2) is 65.1 Å². The lowest BCUT2D eigenvalue weighted by atomic mass is 9.95. The predicted octanol–water partition coefficient (Wildman–Crippen LogP) is 4.42. The first-order valence-corrected chi connectivity index (χ1v) is 6.33. The van der Waals surface area contributed by atoms with Crippen LogP contribution >= 0.6 is 0 Å². The Morgan fingerprint density at radius 3 is 2.42 bits per heavy atom. The molecule has 19 heavy (non-hydrogen) atoms. The van der Waals surface area contributed by atoms with Crippen LogP contribution in [0.25, 0.3) is 11.0 Å². The SMILES string of the molecule is CC(C(=O)c1cc2ccccc2o1)c1ccccc1. The number of para-hydroxylation sites is 1. The normalized spacial score (nSPS) is 12.5. The Morgan fingerprint density at radius 1 is 1.00 bits per heavy atom. The number of benzene rings is 2. The largest absolute Gasteiger partial charge is 0.453 e. The summed E-state index contributed by atoms with van der Waals surface area (Å²) in [5.41, 5.74) is 1.76. The van der Waals surface area contributed by atoms with Gasteiger partial charge in [0.05, 0.1) is 0 Å². The molecule has 0 spiro atoms. The fraction of sp³-hybridized carbons (Fsp3) is 0.118. The second-order valence-electron chi connectivity index (χ2n) is 4.65. The maximum absolute atomic E-state index is 12.4. The van der Waals surface area contributed by atoms with E-state index < -0.39 is 0 Å². The molecule has 0 N–H and O–H groups in total. The van der Waals surface area contributed by atoms with E-state index in [0.717, 1.165) is 16.5 Å². The molecule has 0 amide bonds. The van der Waals surface area contributed by atoms with E-state index in [1.165, 1.54) is 0 Å². The van der Waals surface area contributed by atoms with Crippen LogP contribution in [0.1, 0.15) is 29.0 Å². The second-order valence-corrected chi connectivity index (χ2v) is 4.65. The first-order valence-electron chi connectivity index (χ1n) is 6.33. The summed E-state index contributed by atoms with van der Waals surface area (Å²) in [6, 6.07) is 19.2. The van der Waals surface area contributed by atoms with Crippen molar-refractivity contribution in [3.05, 3.63) is 72.0 Å². The van der Waals surface area contributed by atoms with Gasteiger partial charge in [-0.1, -0.05) is 55.5 Å². The molecule has 3 aromatic rings. The fourth-order valence-corrected chi connectivity index (χ4v) is 2.21. The molecule has 2 aromatic carbocycles. The van der Waals surface area contributed by atoms with Gasteiger partial charge >= 0.3 is 0 Å². The lowest BCUT2D eigenvalue weighted by Crippen LogP contribution is -2.08. The Labute approximate surface area is 111 Å². The summed E-state index contributed by atoms with van der Waals surface area (Å²) in [5.74, 6) is 0.252. The van der Waals surface area contributed by atoms with E-state index in [2.05, 4.69) is 0 Å². The van der Waals surface area contributed by atoms with E-state index in [-0.39, 0.29) is 11.7 Å². The fourth-order valence-electron chi connectivity index (χ4n) is 2.21. The molecule has 0 bridgehead atoms. The van der Waals surface area contributed by atoms with Crippen LogP contribution in [0, 0.1) is 0 Å². The molecule has 0 aliphatic carbocycles. The van der Waals surface area contributed by atoms with Crippen molar-refractivity contribution in [2.24, 2.45) is 0 Å². The van der Waals surface area contributed by atoms with Gasteiger partial charge in [-0.3, -0.25) is 4.79 Å². The molecule has 94 valence electrons. The van der Waals surface area contributed by atoms with Gasteiger partial charge in [0.1, 0.15) is 5.58 Å². The average molecular weight is 250 g/mol. The van der Waals surface area contributed by atoms with E-state index in [0.29, 0.717) is 5.76 Å². The number of Topliss-reactive ketones (excluding diaryl/α,β-unsaturated/α-hetero) is 1. The molecule has 1 atom stereocenters. The first-order chi connectivity index (χ1) is 9.25. The minimum absolute atomic E-state index is 0.0161. The summed E-state index contributed by atoms with van der Waals surface area (Å²) >= 11 is 0. The van der Waals surface area contributed by atoms with E-state index in [1.807, 2.05) is 67.6 Å². The molecule has 0 saturated heterocycles. The lowest BCUT2D eigenvalue weighted by molar-refractivity contribution is 0.0941. The van der Waals surface area contributed by atoms with Gasteiger partial charge < -0.3 is 4.42 Å². The summed E-state index contributed by atoms with van der Waals surface area (Å²) in [5, 5.41) is 0.964. The van der Waals surface area contributed by atoms with Gasteiger partial charge in [0.15, 0.2) is 5.76 Å². The van der Waals surface area contributed by atoms with Crippen molar-refractivity contribution in [2.75, 3.05) is 0 Å². The van der Waals surface area contributed by atoms with Gasteiger partial charge in [-0.2, -0.15) is 0 Å². The highest BCUT2D eigenvalue weighted by molar-refractivity contribution is 6.01. The monoisotopic (exact) mass is 250 g/mol. The Balaban J connectivity index is 1.95. The quantitative estimate of drug-likeness (QED) is 0.644. The van der Waals surface area contributed by atoms with Crippen molar-refractivity contribution in [2.45, 2.75) is 12.8 Å². The molecule has 0 aliphatic heterocycles. The standard InChI is InChI=1S/C17H14O2/c1-12(13-7-3-2-4-8-13)17(18)16-11-14-9-5-6-10-15(14)19-16/h2-12H,1H3. The van der Waals surface area contributed by atoms with E-state index >= 15 is 0 Å². The van der Waals surface area contributed by atoms with Crippen molar-refractivity contribution in [3.63, 3.8) is 0 Å². The predicted molar refractivity (Wildman–Crippen MR) is 75.4 cm³/mol. The van der Waals surface area contributed by atoms with Crippen molar-refractivity contribution in [1.29, 1.82) is 0 Å². The summed E-state index contributed by atoms with van der Waals surface area (Å²) in [6.07, 6.45) is 0. The molecule has 1 heterocycles. The number of hydrogen-bond acceptors (Lipinski definition) is 2. The number of hydrogen-bond donors (Lipinski definition) is 0. The molecule has 1 unspecified atom stereocenters. The Bertz CT molecular complexity index is 677. The first kappa shape index (κ1) is 11.7. The Morgan fingerprint density at radius 2 is 1.68 bits per heavy atom. The van der Waals surface area contributed by atoms with Crippen LogP contribution < -0.4 is 0 Å². The summed E-state index contributed by atoms with van der Waals surface area (Å²) in [6.45, 7) is 1.91. The number of furan rings is 1. The summed E-state index contributed by atoms with van der Waals surface area (Å²) in [4.78, 5) is 12.4. The van der Waals surface area contributed by atoms with Crippen LogP contribution in [0.3, 0.4) is 0 Å². The zero-order valence-corrected chi connectivity index (χ0v) is 10.7. The van der Waals surface area contributed by atoms with Crippen molar-refractivity contribution in [1.82, 2.24) is 0 Å². The third kappa shape index (κ3) is 2.17. The third-order valence-corrected chi connectivity index (χ3v) is 3.36. The van der Waals surface area contributed by atoms with Crippen LogP contribution in [-0.2, 0) is 0 Å². The smallest absolute Gasteiger partial charge is 0.205 e. The van der Waals surface area contributed by atoms with Gasteiger partial charge in [0.25, 0.3) is 0 Å². The molecule has 0 fully saturated rings. The zero-order valence-electron chi connectivity index (χ0n) is 10.7. The minimum atomic E-state index is -0.193. The maximum Gasteiger partial charge on any atom is 0.205 e. The Hall–Kier alpha value is -2.35. The topological polar surface area (TPSA) is 30.2 Å². The highest BCUT2D eigenvalue weighted by Gasteiger charge is 2.20. The minimum Gasteiger partial charge on any atom is -0.453 e. The van der Waals surface area contributed by atoms with Crippen molar-refractivity contribution in [3.8, 4) is 0 Å². The van der Waals surface area contributed by atoms with E-state index in [9.17, 15) is 4.79 Å². The zero-order chi connectivity index (χ0) is 13.2. The van der Waals surface area contributed by atoms with E-state index in [1.54, 1.807) is 0 Å². The maximum atomic E-state index is 12.4. The molecule has 0 aliphatic rings. The summed E-state index contributed by atoms with van der Waals surface area (Å²) < 4.78 is 5.62. The van der Waals surface area contributed by atoms with Crippen molar-refractivity contribution >= 4 is 16.8 Å². The van der Waals surface area contributed by atoms with Gasteiger partial charge in [-0.25, -0.2) is 0 Å². The van der Waals surface area contributed by atoms with Gasteiger partial charge in [-0.15, -0.1) is 0 Å². The summed E-state index contributed by atoms with van der Waals surface area (Å²) in [7, 11) is 0. The number of rotatable bonds is 3. The molecule has 1 aromatic heterocycles. The van der Waals surface area contributed by atoms with Gasteiger partial charge in [0.2, 0.25) is 5.78 Å². The molecule has 2 nitrogen and oxygen atoms in total. The molecule has 0 radical (unpaired) electrons. The van der Waals surface area contributed by atoms with Crippen LogP contribution in [-0.4, -0.2) is 5.78 Å². The third-order valence-electron chi connectivity index (χ3n) is 3.36.